The molecule has 3 nitrogen and oxygen atoms in total. The van der Waals surface area contributed by atoms with Gasteiger partial charge in [0.2, 0.25) is 0 Å². The number of aliphatic hydroxyl groups excluding tert-OH is 3. The molecule has 0 fully saturated rings. The third-order valence-corrected chi connectivity index (χ3v) is 0.421. The zero-order valence-electron chi connectivity index (χ0n) is 5.45. The third-order valence-electron chi connectivity index (χ3n) is 0.421. The molecule has 9 heavy (non-hydrogen) atoms. The van der Waals surface area contributed by atoms with Gasteiger partial charge in [0.05, 0.1) is 13.2 Å². The Morgan fingerprint density at radius 1 is 0.889 bits per heavy atom. The average Bonchev–Trinajstić information content (AvgIpc) is 1.65. The Balaban J connectivity index is -0.0000000417. The van der Waals surface area contributed by atoms with Crippen LogP contribution in [0.5, 0.6) is 0 Å². The van der Waals surface area contributed by atoms with E-state index < -0.39 is 6.10 Å². The molecule has 0 aromatic rings. The molecule has 0 amide bonds. The van der Waals surface area contributed by atoms with Gasteiger partial charge in [-0.15, -0.1) is 0 Å². The van der Waals surface area contributed by atoms with Gasteiger partial charge in [-0.1, -0.05) is 0 Å². The topological polar surface area (TPSA) is 60.7 Å². The summed E-state index contributed by atoms with van der Waals surface area (Å²) in [4.78, 5) is 0. The van der Waals surface area contributed by atoms with E-state index in [4.69, 9.17) is 15.3 Å². The molecule has 0 rings (SSSR count). The molecule has 6 heteroatoms. The van der Waals surface area contributed by atoms with Crippen molar-refractivity contribution in [2.45, 2.75) is 6.10 Å². The minimum atomic E-state index is -0.954. The molecular weight excluding hydrogens is 885 g/mol. The van der Waals surface area contributed by atoms with Crippen LogP contribution in [0.3, 0.4) is 0 Å². The number of hydrogen-bond acceptors (Lipinski definition) is 3. The summed E-state index contributed by atoms with van der Waals surface area (Å²) in [5.41, 5.74) is 0. The van der Waals surface area contributed by atoms with Crippen molar-refractivity contribution in [3.63, 3.8) is 0 Å². The molecule has 0 saturated carbocycles. The van der Waals surface area contributed by atoms with E-state index in [1.54, 1.807) is 0 Å². The zero-order valence-corrected chi connectivity index (χ0v) is 24.7. The molecule has 0 saturated heterocycles. The van der Waals surface area contributed by atoms with E-state index in [9.17, 15) is 0 Å². The largest absolute Gasteiger partial charge is 0.394 e. The van der Waals surface area contributed by atoms with Crippen LogP contribution in [0.4, 0.5) is 0 Å². The summed E-state index contributed by atoms with van der Waals surface area (Å²) in [5, 5.41) is 24.0. The van der Waals surface area contributed by atoms with Crippen LogP contribution < -0.4 is 0 Å². The molecule has 0 spiro atoms. The van der Waals surface area contributed by atoms with Gasteiger partial charge in [0, 0.05) is 0 Å². The molecule has 0 aliphatic carbocycles. The van der Waals surface area contributed by atoms with E-state index in [-0.39, 0.29) is 13.2 Å². The normalized spacial score (nSPS) is 6.67. The first-order valence-electron chi connectivity index (χ1n) is 1.71. The summed E-state index contributed by atoms with van der Waals surface area (Å²) in [6.07, 6.45) is -0.954. The maximum atomic E-state index is 8.17. The predicted octanol–water partition coefficient (Wildman–Crippen LogP) is -1.67. The molecule has 0 atom stereocenters. The molecule has 0 aromatic carbocycles. The van der Waals surface area contributed by atoms with Gasteiger partial charge in [-0.25, -0.2) is 0 Å². The van der Waals surface area contributed by atoms with Crippen molar-refractivity contribution in [1.82, 2.24) is 0 Å². The standard InChI is InChI=1S/C3H8O3.3Rf/c4-1-3(6)2-5;;;/h3-6H,1-2H2;;;. The smallest absolute Gasteiger partial charge is 0.100 e. The Kier molecular flexibility index (Phi) is 91.5. The van der Waals surface area contributed by atoms with Gasteiger partial charge in [-0.3, -0.25) is 0 Å². The van der Waals surface area contributed by atoms with Crippen LogP contribution in [0.1, 0.15) is 0 Å². The SMILES string of the molecule is OCC(O)CO.[Rf].[Rf].[Rf]. The molecule has 0 heterocycles. The van der Waals surface area contributed by atoms with Gasteiger partial charge in [0.25, 0.3) is 0 Å². The van der Waals surface area contributed by atoms with Crippen molar-refractivity contribution >= 4 is 0 Å². The summed E-state index contributed by atoms with van der Waals surface area (Å²) in [6.45, 7) is -0.729. The fourth-order valence-corrected chi connectivity index (χ4v) is 0.0577. The maximum absolute atomic E-state index is 8.17. The van der Waals surface area contributed by atoms with Gasteiger partial charge in [-0.2, -0.15) is 0 Å². The van der Waals surface area contributed by atoms with Crippen molar-refractivity contribution in [2.75, 3.05) is 13.2 Å². The molecule has 0 radical (unpaired) electrons. The van der Waals surface area contributed by atoms with E-state index in [2.05, 4.69) is 0 Å². The van der Waals surface area contributed by atoms with Crippen LogP contribution in [-0.4, -0.2) is 34.6 Å². The van der Waals surface area contributed by atoms with E-state index in [0.29, 0.717) is 0 Å². The Morgan fingerprint density at radius 3 is 1.11 bits per heavy atom. The Bertz CT molecular complexity index is 33.5. The Morgan fingerprint density at radius 2 is 1.11 bits per heavy atom. The second kappa shape index (κ2) is 20.8. The maximum Gasteiger partial charge on any atom is 0.100 e. The second-order valence-corrected chi connectivity index (χ2v) is 1.02. The van der Waals surface area contributed by atoms with E-state index in [1.807, 2.05) is 0 Å². The molecule has 0 unspecified atom stereocenters. The van der Waals surface area contributed by atoms with Gasteiger partial charge < -0.3 is 15.3 Å². The van der Waals surface area contributed by atoms with Crippen molar-refractivity contribution in [1.29, 1.82) is 0 Å². The van der Waals surface area contributed by atoms with Crippen LogP contribution in [0.15, 0.2) is 0 Å². The number of hydrogen-bond donors (Lipinski definition) is 3. The predicted molar refractivity (Wildman–Crippen MR) is 20.2 cm³/mol. The fourth-order valence-electron chi connectivity index (χ4n) is 0.0577. The summed E-state index contributed by atoms with van der Waals surface area (Å²) in [7, 11) is 0. The molecule has 0 aliphatic rings. The first-order chi connectivity index (χ1) is 2.81. The zero-order chi connectivity index (χ0) is 4.99. The quantitative estimate of drug-likeness (QED) is 0.312. The van der Waals surface area contributed by atoms with Crippen LogP contribution in [0, 0.1) is 0 Å². The van der Waals surface area contributed by atoms with Crippen LogP contribution in [-0.2, 0) is 0 Å². The van der Waals surface area contributed by atoms with Crippen molar-refractivity contribution < 1.29 is 15.3 Å². The minimum absolute atomic E-state index is 0. The van der Waals surface area contributed by atoms with Crippen LogP contribution in [0.25, 0.3) is 0 Å². The van der Waals surface area contributed by atoms with Gasteiger partial charge in [0.15, 0.2) is 0 Å². The number of rotatable bonds is 2. The molecule has 0 bridgehead atoms. The van der Waals surface area contributed by atoms with Crippen LogP contribution in [0.2, 0.25) is 0 Å². The Labute approximate surface area is 35.9 Å². The number of aliphatic hydroxyl groups is 3. The third kappa shape index (κ3) is 52.3. The molecule has 0 aromatic heterocycles. The van der Waals surface area contributed by atoms with Crippen molar-refractivity contribution in [2.24, 2.45) is 0 Å². The molecule has 3 N–H and O–H groups in total. The summed E-state index contributed by atoms with van der Waals surface area (Å²) >= 11 is 0. The molecule has 0 aliphatic heterocycles. The molecule has 44 valence electrons. The van der Waals surface area contributed by atoms with E-state index in [0.717, 1.165) is 0 Å². The second-order valence-electron chi connectivity index (χ2n) is 1.02. The first kappa shape index (κ1) is 39.6. The van der Waals surface area contributed by atoms with Crippen LogP contribution >= 0.6 is 0 Å². The van der Waals surface area contributed by atoms with E-state index in [1.165, 1.54) is 0 Å². The van der Waals surface area contributed by atoms with Gasteiger partial charge >= 0.3 is 0 Å². The molecular formula is C3H8O3Rf3. The van der Waals surface area contributed by atoms with Crippen molar-refractivity contribution in [3.8, 4) is 0 Å². The fraction of sp³-hybridized carbons (Fsp3) is 1.00. The first-order valence-corrected chi connectivity index (χ1v) is 1.71. The minimum Gasteiger partial charge on any atom is -0.394 e. The summed E-state index contributed by atoms with van der Waals surface area (Å²) < 4.78 is 0. The summed E-state index contributed by atoms with van der Waals surface area (Å²) in [6, 6.07) is 0. The average molecular weight is 893 g/mol. The Hall–Kier alpha value is -3.12. The monoisotopic (exact) mass is 893 g/mol. The van der Waals surface area contributed by atoms with Gasteiger partial charge in [0.1, 0.15) is 6.10 Å². The van der Waals surface area contributed by atoms with Gasteiger partial charge in [-0.05, 0) is 0 Å². The van der Waals surface area contributed by atoms with E-state index >= 15 is 0 Å². The van der Waals surface area contributed by atoms with Crippen molar-refractivity contribution in [3.05, 3.63) is 0 Å². The summed E-state index contributed by atoms with van der Waals surface area (Å²) in [5.74, 6) is 0.